The van der Waals surface area contributed by atoms with E-state index in [1.807, 2.05) is 31.2 Å². The molecule has 5 rings (SSSR count). The first kappa shape index (κ1) is 45.6. The maximum absolute atomic E-state index is 14.0. The monoisotopic (exact) mass is 829 g/mol. The Morgan fingerprint density at radius 1 is 1.00 bits per heavy atom. The number of hydrogen-bond donors (Lipinski definition) is 2. The Labute approximate surface area is 353 Å². The lowest BCUT2D eigenvalue weighted by Gasteiger charge is -2.35. The summed E-state index contributed by atoms with van der Waals surface area (Å²) in [5.41, 5.74) is 2.04. The van der Waals surface area contributed by atoms with E-state index in [2.05, 4.69) is 20.9 Å². The van der Waals surface area contributed by atoms with Crippen LogP contribution in [0.3, 0.4) is 0 Å². The highest BCUT2D eigenvalue weighted by Crippen LogP contribution is 2.31. The van der Waals surface area contributed by atoms with Crippen molar-refractivity contribution in [2.24, 2.45) is 5.92 Å². The number of hydrogen-bond acceptors (Lipinski definition) is 10. The average Bonchev–Trinajstić information content (AvgIpc) is 3.69. The molecule has 1 saturated carbocycles. The molecule has 15 nitrogen and oxygen atoms in total. The van der Waals surface area contributed by atoms with Crippen molar-refractivity contribution in [2.45, 2.75) is 123 Å². The second-order valence-corrected chi connectivity index (χ2v) is 16.9. The zero-order chi connectivity index (χ0) is 43.2. The minimum absolute atomic E-state index is 0.0204. The fourth-order valence-corrected chi connectivity index (χ4v) is 7.82. The van der Waals surface area contributed by atoms with Crippen LogP contribution in [0.25, 0.3) is 0 Å². The van der Waals surface area contributed by atoms with E-state index < -0.39 is 17.7 Å². The van der Waals surface area contributed by atoms with Gasteiger partial charge in [0.15, 0.2) is 0 Å². The highest BCUT2D eigenvalue weighted by atomic mass is 16.6. The van der Waals surface area contributed by atoms with Crippen molar-refractivity contribution in [3.63, 3.8) is 0 Å². The van der Waals surface area contributed by atoms with Gasteiger partial charge in [0.2, 0.25) is 11.8 Å². The average molecular weight is 830 g/mol. The topological polar surface area (TPSA) is 174 Å². The molecule has 326 valence electrons. The number of rotatable bonds is 18. The summed E-state index contributed by atoms with van der Waals surface area (Å²) in [4.78, 5) is 69.6. The molecule has 2 fully saturated rings. The fraction of sp³-hybridized carbons (Fsp3) is 0.578. The Hall–Kier alpha value is -5.47. The lowest BCUT2D eigenvalue weighted by atomic mass is 9.83. The minimum Gasteiger partial charge on any atom is -0.497 e. The number of Topliss-reactive ketones (excluding diaryl/α,β-unsaturated/α-hetero) is 1. The van der Waals surface area contributed by atoms with Gasteiger partial charge >= 0.3 is 6.09 Å². The van der Waals surface area contributed by atoms with E-state index in [0.717, 1.165) is 56.1 Å². The van der Waals surface area contributed by atoms with Crippen LogP contribution in [-0.4, -0.2) is 106 Å². The van der Waals surface area contributed by atoms with Crippen LogP contribution in [0.4, 0.5) is 4.79 Å². The number of likely N-dealkylation sites (tertiary alicyclic amines) is 1. The Morgan fingerprint density at radius 3 is 2.50 bits per heavy atom. The molecule has 1 aromatic heterocycles. The van der Waals surface area contributed by atoms with Gasteiger partial charge in [-0.3, -0.25) is 28.8 Å². The molecule has 1 saturated heterocycles. The second-order valence-electron chi connectivity index (χ2n) is 16.9. The van der Waals surface area contributed by atoms with Crippen molar-refractivity contribution in [1.29, 1.82) is 0 Å². The summed E-state index contributed by atoms with van der Waals surface area (Å²) in [5.74, 6) is 0.495. The van der Waals surface area contributed by atoms with Gasteiger partial charge in [-0.2, -0.15) is 0 Å². The molecule has 60 heavy (non-hydrogen) atoms. The summed E-state index contributed by atoms with van der Waals surface area (Å²) >= 11 is 0. The van der Waals surface area contributed by atoms with Crippen LogP contribution >= 0.6 is 0 Å². The molecule has 1 unspecified atom stereocenters. The molecule has 3 aromatic rings. The lowest BCUT2D eigenvalue weighted by Crippen LogP contribution is -2.51. The van der Waals surface area contributed by atoms with Crippen LogP contribution < -0.4 is 20.1 Å². The van der Waals surface area contributed by atoms with Crippen LogP contribution in [-0.2, 0) is 38.6 Å². The third kappa shape index (κ3) is 13.5. The van der Waals surface area contributed by atoms with Gasteiger partial charge in [0.25, 0.3) is 5.91 Å². The van der Waals surface area contributed by atoms with Crippen molar-refractivity contribution >= 4 is 29.6 Å². The zero-order valence-electron chi connectivity index (χ0n) is 36.2. The van der Waals surface area contributed by atoms with Gasteiger partial charge < -0.3 is 29.7 Å². The molecule has 0 radical (unpaired) electrons. The Morgan fingerprint density at radius 2 is 1.78 bits per heavy atom. The lowest BCUT2D eigenvalue weighted by molar-refractivity contribution is -0.133. The number of nitrogens with one attached hydrogen (secondary N) is 2. The molecule has 2 aliphatic rings. The van der Waals surface area contributed by atoms with Gasteiger partial charge in [-0.15, -0.1) is 5.10 Å². The van der Waals surface area contributed by atoms with Crippen molar-refractivity contribution in [3.05, 3.63) is 71.0 Å². The number of piperidine rings is 1. The van der Waals surface area contributed by atoms with Gasteiger partial charge in [0.05, 0.1) is 26.0 Å². The molecule has 4 amide bonds. The third-order valence-electron chi connectivity index (χ3n) is 11.0. The van der Waals surface area contributed by atoms with Gasteiger partial charge in [0.1, 0.15) is 35.5 Å². The van der Waals surface area contributed by atoms with E-state index in [-0.39, 0.29) is 48.4 Å². The third-order valence-corrected chi connectivity index (χ3v) is 11.0. The molecule has 1 aliphatic carbocycles. The van der Waals surface area contributed by atoms with Crippen molar-refractivity contribution in [1.82, 2.24) is 35.4 Å². The number of benzene rings is 2. The first-order valence-electron chi connectivity index (χ1n) is 21.3. The first-order valence-corrected chi connectivity index (χ1v) is 21.3. The van der Waals surface area contributed by atoms with E-state index in [4.69, 9.17) is 14.2 Å². The van der Waals surface area contributed by atoms with Gasteiger partial charge in [0, 0.05) is 68.3 Å². The summed E-state index contributed by atoms with van der Waals surface area (Å²) in [5, 5.41) is 14.3. The number of amides is 4. The Kier molecular flexibility index (Phi) is 16.5. The van der Waals surface area contributed by atoms with E-state index in [1.165, 1.54) is 11.8 Å². The van der Waals surface area contributed by atoms with E-state index >= 15 is 0 Å². The fourth-order valence-electron chi connectivity index (χ4n) is 7.82. The smallest absolute Gasteiger partial charge is 0.411 e. The molecule has 0 spiro atoms. The SMILES string of the molecule is CCOc1cc(OC)ccc1CN(CC(=O)N1CCCC(c2cccc(C(=O)N[C@@H](C(=O)NCCc3cn(CCC(C)=O)nn3)C3CCCCC3)c2)C1)C(=O)OC(C)(C)C. The summed E-state index contributed by atoms with van der Waals surface area (Å²) in [7, 11) is 1.57. The molecular weight excluding hydrogens is 767 g/mol. The zero-order valence-corrected chi connectivity index (χ0v) is 36.2. The van der Waals surface area contributed by atoms with Gasteiger partial charge in [-0.1, -0.05) is 36.6 Å². The van der Waals surface area contributed by atoms with Crippen LogP contribution in [0, 0.1) is 5.92 Å². The minimum atomic E-state index is -0.767. The number of nitrogens with zero attached hydrogens (tertiary/aromatic N) is 5. The molecule has 15 heteroatoms. The maximum atomic E-state index is 14.0. The first-order chi connectivity index (χ1) is 28.7. The largest absolute Gasteiger partial charge is 0.497 e. The highest BCUT2D eigenvalue weighted by molar-refractivity contribution is 5.97. The van der Waals surface area contributed by atoms with E-state index in [0.29, 0.717) is 68.4 Å². The Balaban J connectivity index is 1.23. The van der Waals surface area contributed by atoms with Crippen molar-refractivity contribution in [3.8, 4) is 11.5 Å². The second kappa shape index (κ2) is 21.7. The number of ketones is 1. The molecule has 2 atom stereocenters. The molecule has 2 heterocycles. The number of ether oxygens (including phenoxy) is 3. The number of carbonyl (C=O) groups excluding carboxylic acids is 5. The quantitative estimate of drug-likeness (QED) is 0.159. The summed E-state index contributed by atoms with van der Waals surface area (Å²) in [6, 6.07) is 12.1. The molecule has 1 aliphatic heterocycles. The van der Waals surface area contributed by atoms with Crippen LogP contribution in [0.2, 0.25) is 0 Å². The van der Waals surface area contributed by atoms with Gasteiger partial charge in [-0.25, -0.2) is 4.79 Å². The number of aromatic nitrogens is 3. The number of aryl methyl sites for hydroxylation is 1. The molecular formula is C45H63N7O8. The highest BCUT2D eigenvalue weighted by Gasteiger charge is 2.33. The van der Waals surface area contributed by atoms with E-state index in [9.17, 15) is 24.0 Å². The van der Waals surface area contributed by atoms with Crippen molar-refractivity contribution < 1.29 is 38.2 Å². The predicted octanol–water partition coefficient (Wildman–Crippen LogP) is 5.85. The predicted molar refractivity (Wildman–Crippen MR) is 226 cm³/mol. The van der Waals surface area contributed by atoms with Gasteiger partial charge in [-0.05, 0) is 96.0 Å². The van der Waals surface area contributed by atoms with Crippen LogP contribution in [0.15, 0.2) is 48.7 Å². The maximum Gasteiger partial charge on any atom is 0.411 e. The number of carbonyl (C=O) groups is 5. The molecule has 0 bridgehead atoms. The van der Waals surface area contributed by atoms with Crippen LogP contribution in [0.5, 0.6) is 11.5 Å². The Bertz CT molecular complexity index is 1940. The summed E-state index contributed by atoms with van der Waals surface area (Å²) in [6.45, 7) is 10.9. The summed E-state index contributed by atoms with van der Waals surface area (Å²) in [6.07, 6.45) is 8.44. The standard InChI is InChI=1S/C45H63N7O8/c1-7-59-39-26-38(58-6)19-18-36(39)28-51(44(57)60-45(3,4)5)30-40(54)50-23-12-17-35(27-50)33-15-11-16-34(25-33)42(55)47-41(32-13-9-8-10-14-32)43(56)46-22-20-37-29-52(49-48-37)24-21-31(2)53/h11,15-16,18-19,25-26,29,32,35,41H,7-10,12-14,17,20-24,27-28,30H2,1-6H3,(H,46,56)(H,47,55)/t35?,41-/m1/s1. The molecule has 2 aromatic carbocycles. The summed E-state index contributed by atoms with van der Waals surface area (Å²) < 4.78 is 18.6. The van der Waals surface area contributed by atoms with Crippen molar-refractivity contribution in [2.75, 3.05) is 39.9 Å². The number of methoxy groups -OCH3 is 1. The van der Waals surface area contributed by atoms with Crippen LogP contribution in [0.1, 0.15) is 119 Å². The van der Waals surface area contributed by atoms with E-state index in [1.54, 1.807) is 61.9 Å². The normalized spacial score (nSPS) is 16.4. The molecule has 2 N–H and O–H groups in total.